The van der Waals surface area contributed by atoms with Gasteiger partial charge in [-0.25, -0.2) is 0 Å². The molecule has 90 valence electrons. The van der Waals surface area contributed by atoms with E-state index in [2.05, 4.69) is 0 Å². The summed E-state index contributed by atoms with van der Waals surface area (Å²) >= 11 is 0. The third kappa shape index (κ3) is 1.77. The Morgan fingerprint density at radius 3 is 2.65 bits per heavy atom. The Hall–Kier alpha value is -1.91. The molecule has 1 aromatic rings. The highest BCUT2D eigenvalue weighted by molar-refractivity contribution is 5.83. The van der Waals surface area contributed by atoms with Crippen LogP contribution in [0.2, 0.25) is 0 Å². The van der Waals surface area contributed by atoms with Crippen LogP contribution in [0.15, 0.2) is 24.3 Å². The molecule has 0 radical (unpaired) electrons. The van der Waals surface area contributed by atoms with Gasteiger partial charge in [0.05, 0.1) is 10.3 Å². The SMILES string of the molecule is CC1CC(C(=O)O)(c2cccc([N+](=O)[O-])c2)C1. The van der Waals surface area contributed by atoms with Crippen molar-refractivity contribution in [1.29, 1.82) is 0 Å². The predicted molar refractivity (Wildman–Crippen MR) is 60.8 cm³/mol. The average molecular weight is 235 g/mol. The van der Waals surface area contributed by atoms with Crippen molar-refractivity contribution in [3.05, 3.63) is 39.9 Å². The third-order valence-corrected chi connectivity index (χ3v) is 3.41. The highest BCUT2D eigenvalue weighted by Gasteiger charge is 2.50. The van der Waals surface area contributed by atoms with Gasteiger partial charge in [0.2, 0.25) is 0 Å². The molecule has 0 amide bonds. The van der Waals surface area contributed by atoms with E-state index in [0.717, 1.165) is 0 Å². The van der Waals surface area contributed by atoms with E-state index in [9.17, 15) is 20.0 Å². The van der Waals surface area contributed by atoms with Crippen LogP contribution in [0.4, 0.5) is 5.69 Å². The van der Waals surface area contributed by atoms with Crippen molar-refractivity contribution in [3.8, 4) is 0 Å². The Morgan fingerprint density at radius 1 is 1.53 bits per heavy atom. The molecule has 0 aliphatic heterocycles. The molecule has 5 heteroatoms. The number of aliphatic carboxylic acids is 1. The van der Waals surface area contributed by atoms with E-state index in [1.807, 2.05) is 6.92 Å². The van der Waals surface area contributed by atoms with Gasteiger partial charge in [0.25, 0.3) is 5.69 Å². The summed E-state index contributed by atoms with van der Waals surface area (Å²) in [4.78, 5) is 21.5. The molecule has 0 saturated heterocycles. The molecule has 0 heterocycles. The highest BCUT2D eigenvalue weighted by Crippen LogP contribution is 2.48. The summed E-state index contributed by atoms with van der Waals surface area (Å²) in [6, 6.07) is 5.95. The number of nitro benzene ring substituents is 1. The van der Waals surface area contributed by atoms with E-state index in [0.29, 0.717) is 24.3 Å². The normalized spacial score (nSPS) is 27.2. The van der Waals surface area contributed by atoms with Crippen LogP contribution in [-0.4, -0.2) is 16.0 Å². The first-order chi connectivity index (χ1) is 7.95. The van der Waals surface area contributed by atoms with Crippen LogP contribution in [0, 0.1) is 16.0 Å². The van der Waals surface area contributed by atoms with Crippen LogP contribution in [0.5, 0.6) is 0 Å². The Morgan fingerprint density at radius 2 is 2.18 bits per heavy atom. The van der Waals surface area contributed by atoms with Crippen LogP contribution >= 0.6 is 0 Å². The van der Waals surface area contributed by atoms with Gasteiger partial charge < -0.3 is 5.11 Å². The maximum Gasteiger partial charge on any atom is 0.314 e. The summed E-state index contributed by atoms with van der Waals surface area (Å²) in [6.45, 7) is 1.98. The van der Waals surface area contributed by atoms with Crippen LogP contribution in [0.1, 0.15) is 25.3 Å². The fourth-order valence-corrected chi connectivity index (χ4v) is 2.58. The first-order valence-electron chi connectivity index (χ1n) is 5.44. The minimum atomic E-state index is -0.925. The topological polar surface area (TPSA) is 80.4 Å². The predicted octanol–water partition coefficient (Wildman–Crippen LogP) is 2.35. The van der Waals surface area contributed by atoms with Gasteiger partial charge in [-0.05, 0) is 24.3 Å². The maximum atomic E-state index is 11.4. The first kappa shape index (κ1) is 11.6. The minimum absolute atomic E-state index is 0.0531. The lowest BCUT2D eigenvalue weighted by Gasteiger charge is -2.43. The molecule has 17 heavy (non-hydrogen) atoms. The lowest BCUT2D eigenvalue weighted by atomic mass is 9.59. The Balaban J connectivity index is 2.41. The molecule has 1 N–H and O–H groups in total. The number of hydrogen-bond donors (Lipinski definition) is 1. The van der Waals surface area contributed by atoms with Crippen molar-refractivity contribution in [1.82, 2.24) is 0 Å². The van der Waals surface area contributed by atoms with Gasteiger partial charge in [-0.2, -0.15) is 0 Å². The molecule has 1 saturated carbocycles. The summed E-state index contributed by atoms with van der Waals surface area (Å²) in [6.07, 6.45) is 1.09. The van der Waals surface area contributed by atoms with Crippen molar-refractivity contribution >= 4 is 11.7 Å². The molecular formula is C12H13NO4. The molecule has 0 spiro atoms. The lowest BCUT2D eigenvalue weighted by Crippen LogP contribution is -2.46. The quantitative estimate of drug-likeness (QED) is 0.644. The largest absolute Gasteiger partial charge is 0.481 e. The zero-order valence-corrected chi connectivity index (χ0v) is 9.42. The second-order valence-electron chi connectivity index (χ2n) is 4.71. The summed E-state index contributed by atoms with van der Waals surface area (Å²) in [5.41, 5.74) is -0.439. The van der Waals surface area contributed by atoms with Crippen molar-refractivity contribution < 1.29 is 14.8 Å². The van der Waals surface area contributed by atoms with Crippen molar-refractivity contribution in [2.75, 3.05) is 0 Å². The summed E-state index contributed by atoms with van der Waals surface area (Å²) in [7, 11) is 0. The van der Waals surface area contributed by atoms with Crippen molar-refractivity contribution in [2.24, 2.45) is 5.92 Å². The molecule has 0 atom stereocenters. The Kier molecular flexibility index (Phi) is 2.61. The van der Waals surface area contributed by atoms with Gasteiger partial charge in [0.15, 0.2) is 0 Å². The van der Waals surface area contributed by atoms with Gasteiger partial charge >= 0.3 is 5.97 Å². The minimum Gasteiger partial charge on any atom is -0.481 e. The van der Waals surface area contributed by atoms with E-state index in [4.69, 9.17) is 0 Å². The third-order valence-electron chi connectivity index (χ3n) is 3.41. The smallest absolute Gasteiger partial charge is 0.314 e. The number of nitro groups is 1. The maximum absolute atomic E-state index is 11.4. The van der Waals surface area contributed by atoms with Gasteiger partial charge in [-0.3, -0.25) is 14.9 Å². The average Bonchev–Trinajstić information content (AvgIpc) is 2.24. The second-order valence-corrected chi connectivity index (χ2v) is 4.71. The van der Waals surface area contributed by atoms with E-state index in [1.54, 1.807) is 12.1 Å². The van der Waals surface area contributed by atoms with Crippen LogP contribution in [-0.2, 0) is 10.2 Å². The standard InChI is InChI=1S/C12H13NO4/c1-8-6-12(7-8,11(14)15)9-3-2-4-10(5-9)13(16)17/h2-5,8H,6-7H2,1H3,(H,14,15). The summed E-state index contributed by atoms with van der Waals surface area (Å²) < 4.78 is 0. The van der Waals surface area contributed by atoms with Crippen molar-refractivity contribution in [2.45, 2.75) is 25.2 Å². The van der Waals surface area contributed by atoms with E-state index in [1.165, 1.54) is 12.1 Å². The van der Waals surface area contributed by atoms with Crippen LogP contribution < -0.4 is 0 Å². The number of non-ortho nitro benzene ring substituents is 1. The number of carboxylic acids is 1. The highest BCUT2D eigenvalue weighted by atomic mass is 16.6. The Bertz CT molecular complexity index is 477. The zero-order chi connectivity index (χ0) is 12.6. The van der Waals surface area contributed by atoms with E-state index in [-0.39, 0.29) is 5.69 Å². The number of carbonyl (C=O) groups is 1. The molecule has 1 fully saturated rings. The molecule has 0 bridgehead atoms. The first-order valence-corrected chi connectivity index (χ1v) is 5.44. The van der Waals surface area contributed by atoms with Crippen LogP contribution in [0.25, 0.3) is 0 Å². The lowest BCUT2D eigenvalue weighted by molar-refractivity contribution is -0.385. The molecular weight excluding hydrogens is 222 g/mol. The molecule has 0 aromatic heterocycles. The van der Waals surface area contributed by atoms with E-state index < -0.39 is 16.3 Å². The van der Waals surface area contributed by atoms with E-state index >= 15 is 0 Å². The molecule has 1 aromatic carbocycles. The molecule has 0 unspecified atom stereocenters. The van der Waals surface area contributed by atoms with Crippen molar-refractivity contribution in [3.63, 3.8) is 0 Å². The van der Waals surface area contributed by atoms with Gasteiger partial charge in [-0.15, -0.1) is 0 Å². The second kappa shape index (κ2) is 3.84. The zero-order valence-electron chi connectivity index (χ0n) is 9.42. The van der Waals surface area contributed by atoms with Gasteiger partial charge in [0.1, 0.15) is 0 Å². The fourth-order valence-electron chi connectivity index (χ4n) is 2.58. The van der Waals surface area contributed by atoms with Gasteiger partial charge in [0, 0.05) is 12.1 Å². The monoisotopic (exact) mass is 235 g/mol. The molecule has 1 aliphatic carbocycles. The number of carboxylic acid groups (broad SMARTS) is 1. The van der Waals surface area contributed by atoms with Crippen LogP contribution in [0.3, 0.4) is 0 Å². The molecule has 5 nitrogen and oxygen atoms in total. The number of rotatable bonds is 3. The summed E-state index contributed by atoms with van der Waals surface area (Å²) in [5, 5.41) is 20.0. The molecule has 1 aliphatic rings. The Labute approximate surface area is 98.2 Å². The molecule has 2 rings (SSSR count). The summed E-state index contributed by atoms with van der Waals surface area (Å²) in [5.74, 6) is -0.540. The van der Waals surface area contributed by atoms with Gasteiger partial charge in [-0.1, -0.05) is 19.1 Å². The fraction of sp³-hybridized carbons (Fsp3) is 0.417. The number of hydrogen-bond acceptors (Lipinski definition) is 3. The number of benzene rings is 1. The number of nitrogens with zero attached hydrogens (tertiary/aromatic N) is 1.